The Kier molecular flexibility index (Phi) is 3.62. The van der Waals surface area contributed by atoms with Crippen LogP contribution in [0, 0.1) is 0 Å². The lowest BCUT2D eigenvalue weighted by atomic mass is 10.1. The fourth-order valence-electron chi connectivity index (χ4n) is 2.48. The highest BCUT2D eigenvalue weighted by atomic mass is 16.5. The maximum Gasteiger partial charge on any atom is 0.107 e. The van der Waals surface area contributed by atoms with Crippen molar-refractivity contribution >= 4 is 0 Å². The van der Waals surface area contributed by atoms with Crippen LogP contribution in [0.3, 0.4) is 0 Å². The van der Waals surface area contributed by atoms with Crippen molar-refractivity contribution in [1.82, 2.24) is 4.90 Å². The summed E-state index contributed by atoms with van der Waals surface area (Å²) in [7, 11) is 2.16. The molecule has 16 heavy (non-hydrogen) atoms. The molecule has 0 saturated heterocycles. The van der Waals surface area contributed by atoms with E-state index in [0.717, 1.165) is 19.4 Å². The van der Waals surface area contributed by atoms with E-state index in [0.29, 0.717) is 6.04 Å². The second-order valence-corrected chi connectivity index (χ2v) is 4.55. The molecule has 1 aromatic rings. The van der Waals surface area contributed by atoms with Crippen molar-refractivity contribution in [2.75, 3.05) is 13.7 Å². The summed E-state index contributed by atoms with van der Waals surface area (Å²) >= 11 is 0. The third-order valence-electron chi connectivity index (χ3n) is 3.59. The van der Waals surface area contributed by atoms with Crippen molar-refractivity contribution in [3.05, 3.63) is 35.4 Å². The Labute approximate surface area is 98.2 Å². The van der Waals surface area contributed by atoms with Gasteiger partial charge in [-0.25, -0.2) is 0 Å². The first-order chi connectivity index (χ1) is 7.72. The number of hydrogen-bond acceptors (Lipinski definition) is 2. The molecule has 0 amide bonds. The highest BCUT2D eigenvalue weighted by Crippen LogP contribution is 2.25. The van der Waals surface area contributed by atoms with Crippen molar-refractivity contribution in [3.63, 3.8) is 0 Å². The van der Waals surface area contributed by atoms with Gasteiger partial charge >= 0.3 is 0 Å². The van der Waals surface area contributed by atoms with Crippen LogP contribution < -0.4 is 0 Å². The van der Waals surface area contributed by atoms with E-state index in [4.69, 9.17) is 4.74 Å². The van der Waals surface area contributed by atoms with Crippen LogP contribution in [0.25, 0.3) is 0 Å². The summed E-state index contributed by atoms with van der Waals surface area (Å²) in [6.45, 7) is 4.96. The first kappa shape index (κ1) is 11.6. The van der Waals surface area contributed by atoms with Crippen molar-refractivity contribution < 1.29 is 4.74 Å². The Hall–Kier alpha value is -0.860. The molecule has 0 fully saturated rings. The molecule has 1 atom stereocenters. The Bertz CT molecular complexity index is 325. The van der Waals surface area contributed by atoms with E-state index in [1.165, 1.54) is 11.1 Å². The number of rotatable bonds is 4. The number of benzene rings is 1. The van der Waals surface area contributed by atoms with Crippen LogP contribution in [0.1, 0.15) is 25.0 Å². The van der Waals surface area contributed by atoms with Crippen LogP contribution in [-0.2, 0) is 17.6 Å². The van der Waals surface area contributed by atoms with Gasteiger partial charge in [-0.3, -0.25) is 4.90 Å². The van der Waals surface area contributed by atoms with Crippen molar-refractivity contribution in [2.45, 2.75) is 39.0 Å². The van der Waals surface area contributed by atoms with Crippen LogP contribution >= 0.6 is 0 Å². The average molecular weight is 219 g/mol. The predicted molar refractivity (Wildman–Crippen MR) is 66.5 cm³/mol. The second kappa shape index (κ2) is 4.98. The van der Waals surface area contributed by atoms with Gasteiger partial charge in [0.1, 0.15) is 6.23 Å². The van der Waals surface area contributed by atoms with Gasteiger partial charge in [-0.15, -0.1) is 0 Å². The maximum absolute atomic E-state index is 5.64. The molecule has 1 aliphatic carbocycles. The van der Waals surface area contributed by atoms with Crippen molar-refractivity contribution in [3.8, 4) is 0 Å². The van der Waals surface area contributed by atoms with Gasteiger partial charge in [0, 0.05) is 12.6 Å². The molecule has 1 aromatic carbocycles. The molecule has 0 bridgehead atoms. The Morgan fingerprint density at radius 1 is 1.31 bits per heavy atom. The Morgan fingerprint density at radius 2 is 1.88 bits per heavy atom. The molecule has 0 heterocycles. The van der Waals surface area contributed by atoms with Gasteiger partial charge in [-0.1, -0.05) is 24.3 Å². The topological polar surface area (TPSA) is 12.5 Å². The zero-order valence-electron chi connectivity index (χ0n) is 10.4. The standard InChI is InChI=1S/C14H21NO/c1-4-16-11(2)15(3)14-9-12-7-5-6-8-13(12)10-14/h5-8,11,14H,4,9-10H2,1-3H3. The van der Waals surface area contributed by atoms with Crippen LogP contribution in [0.2, 0.25) is 0 Å². The van der Waals surface area contributed by atoms with Gasteiger partial charge in [0.25, 0.3) is 0 Å². The summed E-state index contributed by atoms with van der Waals surface area (Å²) in [5.74, 6) is 0. The van der Waals surface area contributed by atoms with Gasteiger partial charge in [0.05, 0.1) is 0 Å². The average Bonchev–Trinajstić information content (AvgIpc) is 2.71. The molecule has 1 aliphatic rings. The molecular weight excluding hydrogens is 198 g/mol. The first-order valence-electron chi connectivity index (χ1n) is 6.12. The highest BCUT2D eigenvalue weighted by Gasteiger charge is 2.26. The van der Waals surface area contributed by atoms with E-state index in [-0.39, 0.29) is 6.23 Å². The molecule has 2 nitrogen and oxygen atoms in total. The summed E-state index contributed by atoms with van der Waals surface area (Å²) in [5.41, 5.74) is 3.01. The van der Waals surface area contributed by atoms with Crippen LogP contribution in [0.4, 0.5) is 0 Å². The van der Waals surface area contributed by atoms with Gasteiger partial charge in [0.15, 0.2) is 0 Å². The lowest BCUT2D eigenvalue weighted by Crippen LogP contribution is -2.40. The molecule has 2 rings (SSSR count). The number of hydrogen-bond donors (Lipinski definition) is 0. The summed E-state index contributed by atoms with van der Waals surface area (Å²) in [5, 5.41) is 0. The van der Waals surface area contributed by atoms with E-state index in [9.17, 15) is 0 Å². The zero-order valence-corrected chi connectivity index (χ0v) is 10.4. The predicted octanol–water partition coefficient (Wildman–Crippen LogP) is 2.47. The Balaban J connectivity index is 2.00. The largest absolute Gasteiger partial charge is 0.364 e. The van der Waals surface area contributed by atoms with Crippen molar-refractivity contribution in [1.29, 1.82) is 0 Å². The highest BCUT2D eigenvalue weighted by molar-refractivity contribution is 5.33. The van der Waals surface area contributed by atoms with E-state index in [2.05, 4.69) is 43.1 Å². The fraction of sp³-hybridized carbons (Fsp3) is 0.571. The lowest BCUT2D eigenvalue weighted by molar-refractivity contribution is -0.0469. The van der Waals surface area contributed by atoms with E-state index in [1.54, 1.807) is 0 Å². The minimum atomic E-state index is 0.212. The fourth-order valence-corrected chi connectivity index (χ4v) is 2.48. The molecule has 0 saturated carbocycles. The smallest absolute Gasteiger partial charge is 0.107 e. The van der Waals surface area contributed by atoms with Gasteiger partial charge < -0.3 is 4.74 Å². The first-order valence-corrected chi connectivity index (χ1v) is 6.12. The molecule has 0 spiro atoms. The van der Waals surface area contributed by atoms with Crippen LogP contribution in [0.15, 0.2) is 24.3 Å². The van der Waals surface area contributed by atoms with Crippen molar-refractivity contribution in [2.24, 2.45) is 0 Å². The zero-order chi connectivity index (χ0) is 11.5. The van der Waals surface area contributed by atoms with E-state index >= 15 is 0 Å². The lowest BCUT2D eigenvalue weighted by Gasteiger charge is -2.30. The summed E-state index contributed by atoms with van der Waals surface area (Å²) in [4.78, 5) is 2.35. The number of likely N-dealkylation sites (N-methyl/N-ethyl adjacent to an activating group) is 1. The van der Waals surface area contributed by atoms with Gasteiger partial charge in [0.2, 0.25) is 0 Å². The van der Waals surface area contributed by atoms with E-state index in [1.807, 2.05) is 6.92 Å². The summed E-state index contributed by atoms with van der Waals surface area (Å²) in [6, 6.07) is 9.35. The number of fused-ring (bicyclic) bond motifs is 1. The minimum Gasteiger partial charge on any atom is -0.364 e. The molecule has 2 heteroatoms. The van der Waals surface area contributed by atoms with E-state index < -0.39 is 0 Å². The normalized spacial score (nSPS) is 17.8. The molecular formula is C14H21NO. The molecule has 0 N–H and O–H groups in total. The number of nitrogens with zero attached hydrogens (tertiary/aromatic N) is 1. The minimum absolute atomic E-state index is 0.212. The van der Waals surface area contributed by atoms with Crippen LogP contribution in [-0.4, -0.2) is 30.8 Å². The summed E-state index contributed by atoms with van der Waals surface area (Å²) < 4.78 is 5.64. The van der Waals surface area contributed by atoms with Gasteiger partial charge in [-0.05, 0) is 44.9 Å². The van der Waals surface area contributed by atoms with Gasteiger partial charge in [-0.2, -0.15) is 0 Å². The monoisotopic (exact) mass is 219 g/mol. The maximum atomic E-state index is 5.64. The summed E-state index contributed by atoms with van der Waals surface area (Å²) in [6.07, 6.45) is 2.53. The molecule has 0 radical (unpaired) electrons. The third-order valence-corrected chi connectivity index (χ3v) is 3.59. The third kappa shape index (κ3) is 2.28. The molecule has 1 unspecified atom stereocenters. The Morgan fingerprint density at radius 3 is 2.38 bits per heavy atom. The molecule has 0 aromatic heterocycles. The van der Waals surface area contributed by atoms with Crippen LogP contribution in [0.5, 0.6) is 0 Å². The molecule has 88 valence electrons. The quantitative estimate of drug-likeness (QED) is 0.721. The number of ether oxygens (including phenoxy) is 1. The second-order valence-electron chi connectivity index (χ2n) is 4.55. The SMILES string of the molecule is CCOC(C)N(C)C1Cc2ccccc2C1. The molecule has 0 aliphatic heterocycles.